The molecule has 11 heteroatoms. The van der Waals surface area contributed by atoms with Crippen molar-refractivity contribution < 1.29 is 42.2 Å². The molecule has 0 bridgehead atoms. The normalized spacial score (nSPS) is 10.5. The predicted molar refractivity (Wildman–Crippen MR) is 131 cm³/mol. The highest BCUT2D eigenvalue weighted by Crippen LogP contribution is 2.49. The van der Waals surface area contributed by atoms with Crippen molar-refractivity contribution in [3.05, 3.63) is 72.4 Å². The van der Waals surface area contributed by atoms with E-state index in [4.69, 9.17) is 23.3 Å². The van der Waals surface area contributed by atoms with Crippen LogP contribution in [-0.2, 0) is 33.2 Å². The highest BCUT2D eigenvalue weighted by molar-refractivity contribution is 7.54. The summed E-state index contributed by atoms with van der Waals surface area (Å²) < 4.78 is 40.4. The van der Waals surface area contributed by atoms with Gasteiger partial charge in [-0.2, -0.15) is 0 Å². The molecule has 36 heavy (non-hydrogen) atoms. The van der Waals surface area contributed by atoms with Crippen LogP contribution >= 0.6 is 7.60 Å². The second kappa shape index (κ2) is 14.6. The number of carbonyl (C=O) groups is 3. The lowest BCUT2D eigenvalue weighted by molar-refractivity contribution is -0.148. The third kappa shape index (κ3) is 9.46. The lowest BCUT2D eigenvalue weighted by Gasteiger charge is -2.26. The highest BCUT2D eigenvalue weighted by Gasteiger charge is 2.33. The second-order valence-corrected chi connectivity index (χ2v) is 8.97. The van der Waals surface area contributed by atoms with Crippen LogP contribution in [0.15, 0.2) is 72.4 Å². The van der Waals surface area contributed by atoms with E-state index in [0.29, 0.717) is 0 Å². The van der Waals surface area contributed by atoms with Crippen molar-refractivity contribution in [1.29, 1.82) is 0 Å². The van der Waals surface area contributed by atoms with Gasteiger partial charge in [0.05, 0.1) is 19.8 Å². The van der Waals surface area contributed by atoms with Crippen LogP contribution in [0.25, 0.3) is 0 Å². The molecule has 0 saturated carbocycles. The molecule has 0 atom stereocenters. The topological polar surface area (TPSA) is 118 Å². The summed E-state index contributed by atoms with van der Waals surface area (Å²) in [6.45, 7) is 4.41. The standard InChI is InChI=1S/C25H30NO9P/c1-4-31-23(27)18-26(17-22(24(28)32-5-2)25(29)33-6-3)19-36(30,34-20-13-9-7-10-14-20)35-21-15-11-8-12-16-21/h7-17H,4-6,18-19H2,1-3H3. The van der Waals surface area contributed by atoms with Crippen LogP contribution in [-0.4, -0.2) is 55.5 Å². The van der Waals surface area contributed by atoms with Crippen LogP contribution in [0.5, 0.6) is 11.5 Å². The van der Waals surface area contributed by atoms with Gasteiger partial charge in [0, 0.05) is 6.20 Å². The van der Waals surface area contributed by atoms with E-state index in [0.717, 1.165) is 11.1 Å². The monoisotopic (exact) mass is 519 g/mol. The molecule has 0 spiro atoms. The maximum absolute atomic E-state index is 14.0. The van der Waals surface area contributed by atoms with Crippen molar-refractivity contribution in [3.63, 3.8) is 0 Å². The highest BCUT2D eigenvalue weighted by atomic mass is 31.2. The molecule has 0 amide bonds. The third-order valence-electron chi connectivity index (χ3n) is 4.27. The number of rotatable bonds is 14. The minimum atomic E-state index is -4.07. The van der Waals surface area contributed by atoms with Gasteiger partial charge in [-0.1, -0.05) is 36.4 Å². The molecule has 2 rings (SSSR count). The van der Waals surface area contributed by atoms with Crippen LogP contribution in [0.3, 0.4) is 0 Å². The first kappa shape index (κ1) is 28.5. The van der Waals surface area contributed by atoms with Crippen molar-refractivity contribution in [3.8, 4) is 11.5 Å². The second-order valence-electron chi connectivity index (χ2n) is 7.10. The van der Waals surface area contributed by atoms with Crippen molar-refractivity contribution in [2.45, 2.75) is 20.8 Å². The van der Waals surface area contributed by atoms with E-state index in [2.05, 4.69) is 0 Å². The van der Waals surface area contributed by atoms with Gasteiger partial charge in [0.25, 0.3) is 0 Å². The lowest BCUT2D eigenvalue weighted by Crippen LogP contribution is -2.31. The van der Waals surface area contributed by atoms with E-state index in [1.165, 1.54) is 0 Å². The Morgan fingerprint density at radius 2 is 1.19 bits per heavy atom. The minimum absolute atomic E-state index is 0.000183. The number of hydrogen-bond donors (Lipinski definition) is 0. The molecule has 0 saturated heterocycles. The Labute approximate surface area is 210 Å². The fourth-order valence-electron chi connectivity index (χ4n) is 2.88. The van der Waals surface area contributed by atoms with Gasteiger partial charge in [0.2, 0.25) is 0 Å². The molecule has 0 heterocycles. The summed E-state index contributed by atoms with van der Waals surface area (Å²) in [6.07, 6.45) is 0.528. The van der Waals surface area contributed by atoms with E-state index >= 15 is 0 Å². The van der Waals surface area contributed by atoms with E-state index in [1.807, 2.05) is 0 Å². The number of esters is 3. The van der Waals surface area contributed by atoms with Gasteiger partial charge in [-0.25, -0.2) is 14.2 Å². The molecule has 0 radical (unpaired) electrons. The van der Waals surface area contributed by atoms with E-state index in [9.17, 15) is 18.9 Å². The predicted octanol–water partition coefficient (Wildman–Crippen LogP) is 4.17. The molecule has 0 fully saturated rings. The average Bonchev–Trinajstić information content (AvgIpc) is 2.83. The van der Waals surface area contributed by atoms with E-state index in [1.54, 1.807) is 81.4 Å². The quantitative estimate of drug-likeness (QED) is 0.0899. The number of benzene rings is 2. The Hall–Kier alpha value is -3.78. The average molecular weight is 519 g/mol. The molecule has 0 aromatic heterocycles. The minimum Gasteiger partial charge on any atom is -0.465 e. The number of carbonyl (C=O) groups excluding carboxylic acids is 3. The Balaban J connectivity index is 2.49. The maximum Gasteiger partial charge on any atom is 0.449 e. The summed E-state index contributed by atoms with van der Waals surface area (Å²) in [5.41, 5.74) is -0.492. The molecular weight excluding hydrogens is 489 g/mol. The third-order valence-corrected chi connectivity index (χ3v) is 5.96. The molecule has 194 valence electrons. The van der Waals surface area contributed by atoms with Gasteiger partial charge in [-0.15, -0.1) is 0 Å². The van der Waals surface area contributed by atoms with Crippen LogP contribution in [0.2, 0.25) is 0 Å². The maximum atomic E-state index is 14.0. The molecule has 10 nitrogen and oxygen atoms in total. The summed E-state index contributed by atoms with van der Waals surface area (Å²) in [7, 11) is -4.07. The first-order valence-electron chi connectivity index (χ1n) is 11.3. The molecule has 0 N–H and O–H groups in total. The van der Waals surface area contributed by atoms with Crippen molar-refractivity contribution in [2.24, 2.45) is 0 Å². The summed E-state index contributed by atoms with van der Waals surface area (Å²) in [4.78, 5) is 38.5. The fourth-order valence-corrected chi connectivity index (χ4v) is 4.55. The smallest absolute Gasteiger partial charge is 0.449 e. The number of para-hydroxylation sites is 2. The van der Waals surface area contributed by atoms with Crippen LogP contribution in [0.4, 0.5) is 0 Å². The molecule has 2 aromatic carbocycles. The van der Waals surface area contributed by atoms with Crippen molar-refractivity contribution >= 4 is 25.5 Å². The van der Waals surface area contributed by atoms with Crippen LogP contribution in [0, 0.1) is 0 Å². The number of ether oxygens (including phenoxy) is 3. The Morgan fingerprint density at radius 3 is 1.61 bits per heavy atom. The number of nitrogens with zero attached hydrogens (tertiary/aromatic N) is 1. The first-order chi connectivity index (χ1) is 17.3. The first-order valence-corrected chi connectivity index (χ1v) is 13.1. The molecular formula is C25H30NO9P. The van der Waals surface area contributed by atoms with Gasteiger partial charge in [0.15, 0.2) is 5.57 Å². The zero-order valence-electron chi connectivity index (χ0n) is 20.5. The van der Waals surface area contributed by atoms with Gasteiger partial charge in [-0.3, -0.25) is 4.79 Å². The van der Waals surface area contributed by atoms with E-state index in [-0.39, 0.29) is 31.3 Å². The SMILES string of the molecule is CCOC(=O)CN(C=C(C(=O)OCC)C(=O)OCC)CP(=O)(Oc1ccccc1)Oc1ccccc1. The van der Waals surface area contributed by atoms with Crippen LogP contribution in [0.1, 0.15) is 20.8 Å². The molecule has 2 aromatic rings. The van der Waals surface area contributed by atoms with Crippen molar-refractivity contribution in [2.75, 3.05) is 32.7 Å². The van der Waals surface area contributed by atoms with Crippen molar-refractivity contribution in [1.82, 2.24) is 4.90 Å². The Morgan fingerprint density at radius 1 is 0.750 bits per heavy atom. The van der Waals surface area contributed by atoms with Gasteiger partial charge in [0.1, 0.15) is 24.3 Å². The lowest BCUT2D eigenvalue weighted by atomic mass is 10.3. The van der Waals surface area contributed by atoms with Crippen LogP contribution < -0.4 is 9.05 Å². The zero-order valence-corrected chi connectivity index (χ0v) is 21.3. The molecule has 0 unspecified atom stereocenters. The number of hydrogen-bond acceptors (Lipinski definition) is 10. The Bertz CT molecular complexity index is 1010. The van der Waals surface area contributed by atoms with E-state index < -0.39 is 43.9 Å². The fraction of sp³-hybridized carbons (Fsp3) is 0.320. The van der Waals surface area contributed by atoms with Gasteiger partial charge in [-0.05, 0) is 45.0 Å². The molecule has 0 aliphatic carbocycles. The molecule has 0 aliphatic rings. The zero-order chi connectivity index (χ0) is 26.4. The summed E-state index contributed by atoms with van der Waals surface area (Å²) in [5, 5.41) is 0. The summed E-state index contributed by atoms with van der Waals surface area (Å²) in [6, 6.07) is 16.7. The summed E-state index contributed by atoms with van der Waals surface area (Å²) in [5.74, 6) is -2.10. The Kier molecular flexibility index (Phi) is 11.5. The largest absolute Gasteiger partial charge is 0.465 e. The summed E-state index contributed by atoms with van der Waals surface area (Å²) >= 11 is 0. The molecule has 0 aliphatic heterocycles. The van der Waals surface area contributed by atoms with Gasteiger partial charge >= 0.3 is 25.5 Å². The van der Waals surface area contributed by atoms with Gasteiger partial charge < -0.3 is 28.2 Å².